The van der Waals surface area contributed by atoms with E-state index in [4.69, 9.17) is 14.6 Å². The lowest BCUT2D eigenvalue weighted by Crippen LogP contribution is -2.45. The Labute approximate surface area is 206 Å². The van der Waals surface area contributed by atoms with E-state index in [1.54, 1.807) is 32.6 Å². The van der Waals surface area contributed by atoms with Crippen molar-refractivity contribution in [2.24, 2.45) is 0 Å². The maximum Gasteiger partial charge on any atom is 0.338 e. The van der Waals surface area contributed by atoms with E-state index in [9.17, 15) is 9.59 Å². The summed E-state index contributed by atoms with van der Waals surface area (Å²) in [5.41, 5.74) is 3.67. The molecule has 2 heterocycles. The van der Waals surface area contributed by atoms with E-state index in [0.717, 1.165) is 15.7 Å². The van der Waals surface area contributed by atoms with Gasteiger partial charge in [0.1, 0.15) is 5.75 Å². The van der Waals surface area contributed by atoms with Gasteiger partial charge in [0.2, 0.25) is 0 Å². The molecule has 4 rings (SSSR count). The normalized spacial score (nSPS) is 15.7. The number of nitrogens with one attached hydrogen (secondary N) is 2. The zero-order valence-electron chi connectivity index (χ0n) is 19.3. The number of benzene rings is 2. The summed E-state index contributed by atoms with van der Waals surface area (Å²) in [4.78, 5) is 25.5. The van der Waals surface area contributed by atoms with Crippen LogP contribution >= 0.6 is 15.9 Å². The van der Waals surface area contributed by atoms with Crippen LogP contribution in [0.2, 0.25) is 0 Å². The summed E-state index contributed by atoms with van der Waals surface area (Å²) in [7, 11) is 1.60. The van der Waals surface area contributed by atoms with E-state index in [0.29, 0.717) is 28.3 Å². The number of halogens is 1. The van der Waals surface area contributed by atoms with Crippen LogP contribution in [-0.4, -0.2) is 35.0 Å². The van der Waals surface area contributed by atoms with Crippen LogP contribution in [0, 0.1) is 0 Å². The first-order valence-electron chi connectivity index (χ1n) is 10.8. The lowest BCUT2D eigenvalue weighted by molar-refractivity contribution is -0.143. The predicted molar refractivity (Wildman–Crippen MR) is 132 cm³/mol. The molecule has 8 nitrogen and oxygen atoms in total. The molecule has 34 heavy (non-hydrogen) atoms. The Morgan fingerprint density at radius 1 is 1.18 bits per heavy atom. The fraction of sp³-hybridized carbons (Fsp3) is 0.240. The summed E-state index contributed by atoms with van der Waals surface area (Å²) < 4.78 is 13.3. The summed E-state index contributed by atoms with van der Waals surface area (Å²) in [5.74, 6) is 0.180. The van der Waals surface area contributed by atoms with E-state index < -0.39 is 18.0 Å². The Kier molecular flexibility index (Phi) is 6.74. The molecule has 2 amide bonds. The van der Waals surface area contributed by atoms with Gasteiger partial charge in [-0.1, -0.05) is 18.2 Å². The topological polar surface area (TPSA) is 94.5 Å². The van der Waals surface area contributed by atoms with E-state index in [1.165, 1.54) is 0 Å². The summed E-state index contributed by atoms with van der Waals surface area (Å²) in [5, 5.41) is 10.4. The van der Waals surface area contributed by atoms with Gasteiger partial charge < -0.3 is 20.1 Å². The van der Waals surface area contributed by atoms with Gasteiger partial charge in [0.15, 0.2) is 0 Å². The average Bonchev–Trinajstić information content (AvgIpc) is 3.24. The molecular weight excluding hydrogens is 500 g/mol. The molecule has 0 saturated heterocycles. The second kappa shape index (κ2) is 9.72. The fourth-order valence-corrected chi connectivity index (χ4v) is 4.37. The number of allylic oxidation sites excluding steroid dienone is 1. The minimum atomic E-state index is -0.756. The zero-order valence-corrected chi connectivity index (χ0v) is 20.8. The van der Waals surface area contributed by atoms with Gasteiger partial charge in [-0.2, -0.15) is 5.10 Å². The van der Waals surface area contributed by atoms with Gasteiger partial charge in [-0.15, -0.1) is 0 Å². The number of methoxy groups -OCH3 is 1. The molecule has 0 bridgehead atoms. The predicted octanol–water partition coefficient (Wildman–Crippen LogP) is 4.89. The first kappa shape index (κ1) is 23.6. The number of esters is 1. The molecular formula is C25H25BrN4O4. The number of urea groups is 1. The molecule has 0 spiro atoms. The van der Waals surface area contributed by atoms with Gasteiger partial charge in [0, 0.05) is 23.0 Å². The standard InChI is InChI=1S/C25H25BrN4O4/c1-14(2)34-24(31)21-15(3)27-25(32)28-23(21)18-13-30(17-8-6-5-7-9-17)29-22(18)16-10-11-20(33-4)19(26)12-16/h5-14,23H,1-4H3,(H2,27,28,32)/t23-/m0/s1. The Morgan fingerprint density at radius 3 is 2.56 bits per heavy atom. The fourth-order valence-electron chi connectivity index (χ4n) is 3.82. The SMILES string of the molecule is COc1ccc(-c2nn(-c3ccccc3)cc2[C@@H]2NC(=O)NC(C)=C2C(=O)OC(C)C)cc1Br. The summed E-state index contributed by atoms with van der Waals surface area (Å²) in [6, 6.07) is 14.1. The highest BCUT2D eigenvalue weighted by molar-refractivity contribution is 9.10. The number of ether oxygens (including phenoxy) is 2. The molecule has 0 aliphatic carbocycles. The molecule has 1 aliphatic heterocycles. The number of hydrogen-bond donors (Lipinski definition) is 2. The minimum Gasteiger partial charge on any atom is -0.496 e. The molecule has 3 aromatic rings. The van der Waals surface area contributed by atoms with Crippen molar-refractivity contribution in [3.63, 3.8) is 0 Å². The van der Waals surface area contributed by atoms with Crippen LogP contribution in [0.3, 0.4) is 0 Å². The van der Waals surface area contributed by atoms with Crippen molar-refractivity contribution in [1.29, 1.82) is 0 Å². The van der Waals surface area contributed by atoms with Crippen molar-refractivity contribution in [3.8, 4) is 22.7 Å². The quantitative estimate of drug-likeness (QED) is 0.447. The third-order valence-electron chi connectivity index (χ3n) is 5.33. The lowest BCUT2D eigenvalue weighted by atomic mass is 9.93. The summed E-state index contributed by atoms with van der Waals surface area (Å²) >= 11 is 3.54. The number of aromatic nitrogens is 2. The molecule has 0 fully saturated rings. The van der Waals surface area contributed by atoms with Crippen LogP contribution in [0.25, 0.3) is 16.9 Å². The number of hydrogen-bond acceptors (Lipinski definition) is 5. The van der Waals surface area contributed by atoms with Crippen LogP contribution in [-0.2, 0) is 9.53 Å². The minimum absolute atomic E-state index is 0.310. The number of carbonyl (C=O) groups is 2. The average molecular weight is 525 g/mol. The Bertz CT molecular complexity index is 1270. The summed E-state index contributed by atoms with van der Waals surface area (Å²) in [6.07, 6.45) is 1.52. The van der Waals surface area contributed by atoms with E-state index >= 15 is 0 Å². The molecule has 176 valence electrons. The van der Waals surface area contributed by atoms with Crippen LogP contribution in [0.5, 0.6) is 5.75 Å². The smallest absolute Gasteiger partial charge is 0.338 e. The van der Waals surface area contributed by atoms with Gasteiger partial charge in [0.05, 0.1) is 40.7 Å². The monoisotopic (exact) mass is 524 g/mol. The maximum absolute atomic E-state index is 13.0. The molecule has 0 saturated carbocycles. The van der Waals surface area contributed by atoms with Crippen LogP contribution in [0.4, 0.5) is 4.79 Å². The van der Waals surface area contributed by atoms with Gasteiger partial charge >= 0.3 is 12.0 Å². The first-order chi connectivity index (χ1) is 16.3. The largest absolute Gasteiger partial charge is 0.496 e. The third-order valence-corrected chi connectivity index (χ3v) is 5.95. The molecule has 1 atom stereocenters. The Morgan fingerprint density at radius 2 is 1.91 bits per heavy atom. The second-order valence-electron chi connectivity index (χ2n) is 8.09. The number of amides is 2. The second-order valence-corrected chi connectivity index (χ2v) is 8.94. The van der Waals surface area contributed by atoms with Crippen molar-refractivity contribution < 1.29 is 19.1 Å². The van der Waals surface area contributed by atoms with Crippen LogP contribution in [0.1, 0.15) is 32.4 Å². The molecule has 0 radical (unpaired) electrons. The highest BCUT2D eigenvalue weighted by Gasteiger charge is 2.35. The Hall–Kier alpha value is -3.59. The molecule has 9 heteroatoms. The van der Waals surface area contributed by atoms with Crippen molar-refractivity contribution in [2.75, 3.05) is 7.11 Å². The van der Waals surface area contributed by atoms with Gasteiger partial charge in [-0.25, -0.2) is 14.3 Å². The molecule has 0 unspecified atom stereocenters. The number of para-hydroxylation sites is 1. The van der Waals surface area contributed by atoms with Crippen molar-refractivity contribution in [1.82, 2.24) is 20.4 Å². The zero-order chi connectivity index (χ0) is 24.4. The van der Waals surface area contributed by atoms with Crippen molar-refractivity contribution in [2.45, 2.75) is 32.9 Å². The molecule has 1 aliphatic rings. The molecule has 2 N–H and O–H groups in total. The lowest BCUT2D eigenvalue weighted by Gasteiger charge is -2.28. The van der Waals surface area contributed by atoms with Crippen molar-refractivity contribution >= 4 is 27.9 Å². The van der Waals surface area contributed by atoms with Crippen molar-refractivity contribution in [3.05, 3.63) is 76.0 Å². The number of rotatable bonds is 6. The van der Waals surface area contributed by atoms with E-state index in [1.807, 2.05) is 54.7 Å². The highest BCUT2D eigenvalue weighted by atomic mass is 79.9. The summed E-state index contributed by atoms with van der Waals surface area (Å²) in [6.45, 7) is 5.25. The van der Waals surface area contributed by atoms with Gasteiger partial charge in [0.25, 0.3) is 0 Å². The van der Waals surface area contributed by atoms with Gasteiger partial charge in [-0.05, 0) is 67.0 Å². The van der Waals surface area contributed by atoms with Gasteiger partial charge in [-0.3, -0.25) is 0 Å². The van der Waals surface area contributed by atoms with Crippen LogP contribution in [0.15, 0.2) is 70.5 Å². The Balaban J connectivity index is 1.90. The third kappa shape index (κ3) is 4.70. The number of nitrogens with zero attached hydrogens (tertiary/aromatic N) is 2. The first-order valence-corrected chi connectivity index (χ1v) is 11.6. The van der Waals surface area contributed by atoms with E-state index in [-0.39, 0.29) is 6.10 Å². The number of carbonyl (C=O) groups excluding carboxylic acids is 2. The van der Waals surface area contributed by atoms with Crippen LogP contribution < -0.4 is 15.4 Å². The molecule has 1 aromatic heterocycles. The van der Waals surface area contributed by atoms with E-state index in [2.05, 4.69) is 26.6 Å². The molecule has 2 aromatic carbocycles. The highest BCUT2D eigenvalue weighted by Crippen LogP contribution is 2.37. The maximum atomic E-state index is 13.0.